The van der Waals surface area contributed by atoms with Gasteiger partial charge in [0.15, 0.2) is 0 Å². The van der Waals surface area contributed by atoms with Gasteiger partial charge in [-0.2, -0.15) is 0 Å². The summed E-state index contributed by atoms with van der Waals surface area (Å²) in [5.41, 5.74) is 7.98. The Hall–Kier alpha value is -0.840. The number of nitrogens with zero attached hydrogens (tertiary/aromatic N) is 1. The molecule has 0 aliphatic heterocycles. The number of rotatable bonds is 2. The number of anilines is 1. The third kappa shape index (κ3) is 3.92. The summed E-state index contributed by atoms with van der Waals surface area (Å²) in [6, 6.07) is 4.08. The van der Waals surface area contributed by atoms with Gasteiger partial charge in [-0.05, 0) is 56.6 Å². The van der Waals surface area contributed by atoms with E-state index >= 15 is 0 Å². The minimum absolute atomic E-state index is 0. The van der Waals surface area contributed by atoms with Crippen LogP contribution >= 0.6 is 24.8 Å². The Balaban J connectivity index is 0.00000121. The minimum atomic E-state index is 0. The molecular formula is C16H25Cl2N3O. The summed E-state index contributed by atoms with van der Waals surface area (Å²) in [7, 11) is 0. The third-order valence-electron chi connectivity index (χ3n) is 5.05. The van der Waals surface area contributed by atoms with Crippen LogP contribution in [-0.4, -0.2) is 16.9 Å². The van der Waals surface area contributed by atoms with Crippen LogP contribution in [0, 0.1) is 24.7 Å². The first-order chi connectivity index (χ1) is 9.65. The third-order valence-corrected chi connectivity index (χ3v) is 5.05. The number of halogens is 2. The smallest absolute Gasteiger partial charge is 0.227 e. The summed E-state index contributed by atoms with van der Waals surface area (Å²) in [5.74, 6) is 1.33. The van der Waals surface area contributed by atoms with Crippen molar-refractivity contribution in [1.29, 1.82) is 0 Å². The number of fused-ring (bicyclic) bond motifs is 2. The second kappa shape index (κ2) is 8.14. The van der Waals surface area contributed by atoms with Crippen molar-refractivity contribution >= 4 is 36.4 Å². The zero-order valence-electron chi connectivity index (χ0n) is 12.8. The SMILES string of the molecule is Cc1ncccc1NC(=O)C1CC2CCCC(C1)C2N.Cl.Cl. The molecule has 0 radical (unpaired) electrons. The van der Waals surface area contributed by atoms with Crippen molar-refractivity contribution in [1.82, 2.24) is 4.98 Å². The van der Waals surface area contributed by atoms with Gasteiger partial charge in [0.05, 0.1) is 11.4 Å². The van der Waals surface area contributed by atoms with E-state index in [0.717, 1.165) is 24.2 Å². The first kappa shape index (κ1) is 19.2. The van der Waals surface area contributed by atoms with Gasteiger partial charge in [-0.1, -0.05) is 6.42 Å². The highest BCUT2D eigenvalue weighted by Gasteiger charge is 2.40. The number of hydrogen-bond acceptors (Lipinski definition) is 3. The van der Waals surface area contributed by atoms with Crippen molar-refractivity contribution in [3.63, 3.8) is 0 Å². The monoisotopic (exact) mass is 345 g/mol. The number of nitrogens with one attached hydrogen (secondary N) is 1. The lowest BCUT2D eigenvalue weighted by Crippen LogP contribution is -2.48. The molecule has 2 aliphatic rings. The molecule has 6 heteroatoms. The standard InChI is InChI=1S/C16H23N3O.2ClH/c1-10-14(6-3-7-18-10)19-16(20)13-8-11-4-2-5-12(9-13)15(11)17;;/h3,6-7,11-13,15H,2,4-5,8-9,17H2,1H3,(H,19,20);2*1H. The zero-order valence-corrected chi connectivity index (χ0v) is 14.5. The van der Waals surface area contributed by atoms with E-state index < -0.39 is 0 Å². The zero-order chi connectivity index (χ0) is 14.1. The number of amides is 1. The molecule has 0 aromatic carbocycles. The van der Waals surface area contributed by atoms with Crippen LogP contribution in [0.5, 0.6) is 0 Å². The Morgan fingerprint density at radius 3 is 2.50 bits per heavy atom. The predicted octanol–water partition coefficient (Wildman–Crippen LogP) is 3.33. The molecule has 1 aromatic heterocycles. The highest BCUT2D eigenvalue weighted by atomic mass is 35.5. The normalized spacial score (nSPS) is 29.7. The van der Waals surface area contributed by atoms with E-state index in [0.29, 0.717) is 17.9 Å². The maximum atomic E-state index is 12.5. The molecule has 2 unspecified atom stereocenters. The van der Waals surface area contributed by atoms with Crippen LogP contribution in [0.4, 0.5) is 5.69 Å². The van der Waals surface area contributed by atoms with E-state index in [-0.39, 0.29) is 36.6 Å². The molecule has 3 N–H and O–H groups in total. The average molecular weight is 346 g/mol. The van der Waals surface area contributed by atoms with Crippen LogP contribution in [0.15, 0.2) is 18.3 Å². The molecule has 4 nitrogen and oxygen atoms in total. The second-order valence-electron chi connectivity index (χ2n) is 6.32. The molecule has 1 amide bonds. The van der Waals surface area contributed by atoms with Gasteiger partial charge in [0.25, 0.3) is 0 Å². The minimum Gasteiger partial charge on any atom is -0.327 e. The molecule has 22 heavy (non-hydrogen) atoms. The lowest BCUT2D eigenvalue weighted by Gasteiger charge is -2.43. The first-order valence-corrected chi connectivity index (χ1v) is 7.63. The van der Waals surface area contributed by atoms with Crippen LogP contribution in [0.25, 0.3) is 0 Å². The molecule has 0 spiro atoms. The molecule has 124 valence electrons. The maximum Gasteiger partial charge on any atom is 0.227 e. The van der Waals surface area contributed by atoms with Crippen LogP contribution < -0.4 is 11.1 Å². The van der Waals surface area contributed by atoms with Gasteiger partial charge in [-0.15, -0.1) is 24.8 Å². The van der Waals surface area contributed by atoms with Gasteiger partial charge in [-0.3, -0.25) is 9.78 Å². The molecule has 2 aliphatic carbocycles. The number of pyridine rings is 1. The van der Waals surface area contributed by atoms with Crippen LogP contribution in [0.3, 0.4) is 0 Å². The fourth-order valence-corrected chi connectivity index (χ4v) is 3.85. The first-order valence-electron chi connectivity index (χ1n) is 7.63. The fourth-order valence-electron chi connectivity index (χ4n) is 3.85. The Morgan fingerprint density at radius 1 is 1.27 bits per heavy atom. The fraction of sp³-hybridized carbons (Fsp3) is 0.625. The lowest BCUT2D eigenvalue weighted by atomic mass is 9.65. The van der Waals surface area contributed by atoms with E-state index in [1.54, 1.807) is 6.20 Å². The van der Waals surface area contributed by atoms with Gasteiger partial charge in [-0.25, -0.2) is 0 Å². The van der Waals surface area contributed by atoms with Crippen molar-refractivity contribution in [3.8, 4) is 0 Å². The van der Waals surface area contributed by atoms with E-state index in [2.05, 4.69) is 10.3 Å². The molecule has 2 bridgehead atoms. The summed E-state index contributed by atoms with van der Waals surface area (Å²) in [5, 5.41) is 3.04. The van der Waals surface area contributed by atoms with Gasteiger partial charge in [0, 0.05) is 18.2 Å². The predicted molar refractivity (Wildman–Crippen MR) is 93.6 cm³/mol. The molecule has 1 heterocycles. The largest absolute Gasteiger partial charge is 0.327 e. The van der Waals surface area contributed by atoms with Gasteiger partial charge >= 0.3 is 0 Å². The number of hydrogen-bond donors (Lipinski definition) is 2. The summed E-state index contributed by atoms with van der Waals surface area (Å²) >= 11 is 0. The molecule has 2 saturated carbocycles. The number of aryl methyl sites for hydroxylation is 1. The summed E-state index contributed by atoms with van der Waals surface area (Å²) < 4.78 is 0. The van der Waals surface area contributed by atoms with Gasteiger partial charge in [0.2, 0.25) is 5.91 Å². The lowest BCUT2D eigenvalue weighted by molar-refractivity contribution is -0.122. The average Bonchev–Trinajstić information content (AvgIpc) is 2.41. The van der Waals surface area contributed by atoms with E-state index in [1.165, 1.54) is 19.3 Å². The summed E-state index contributed by atoms with van der Waals surface area (Å²) in [6.07, 6.45) is 7.29. The van der Waals surface area contributed by atoms with E-state index in [1.807, 2.05) is 19.1 Å². The Kier molecular flexibility index (Phi) is 7.10. The highest BCUT2D eigenvalue weighted by Crippen LogP contribution is 2.42. The Bertz CT molecular complexity index is 498. The highest BCUT2D eigenvalue weighted by molar-refractivity contribution is 5.93. The van der Waals surface area contributed by atoms with Crippen molar-refractivity contribution < 1.29 is 4.79 Å². The quantitative estimate of drug-likeness (QED) is 0.863. The number of carbonyl (C=O) groups excluding carboxylic acids is 1. The van der Waals surface area contributed by atoms with Gasteiger partial charge < -0.3 is 11.1 Å². The Labute approximate surface area is 144 Å². The second-order valence-corrected chi connectivity index (χ2v) is 6.32. The summed E-state index contributed by atoms with van der Waals surface area (Å²) in [4.78, 5) is 16.7. The van der Waals surface area contributed by atoms with E-state index in [9.17, 15) is 4.79 Å². The molecule has 1 aromatic rings. The Morgan fingerprint density at radius 2 is 1.91 bits per heavy atom. The maximum absolute atomic E-state index is 12.5. The van der Waals surface area contributed by atoms with Crippen LogP contribution in [-0.2, 0) is 4.79 Å². The molecule has 2 fully saturated rings. The van der Waals surface area contributed by atoms with Gasteiger partial charge in [0.1, 0.15) is 0 Å². The van der Waals surface area contributed by atoms with Crippen LogP contribution in [0.1, 0.15) is 37.8 Å². The summed E-state index contributed by atoms with van der Waals surface area (Å²) in [6.45, 7) is 1.92. The molecule has 2 atom stereocenters. The van der Waals surface area contributed by atoms with Crippen LogP contribution in [0.2, 0.25) is 0 Å². The number of aromatic nitrogens is 1. The van der Waals surface area contributed by atoms with Crippen molar-refractivity contribution in [2.75, 3.05) is 5.32 Å². The number of carbonyl (C=O) groups is 1. The molecule has 3 rings (SSSR count). The van der Waals surface area contributed by atoms with Crippen molar-refractivity contribution in [2.24, 2.45) is 23.5 Å². The van der Waals surface area contributed by atoms with E-state index in [4.69, 9.17) is 5.73 Å². The van der Waals surface area contributed by atoms with Crippen molar-refractivity contribution in [3.05, 3.63) is 24.0 Å². The number of nitrogens with two attached hydrogens (primary N) is 1. The topological polar surface area (TPSA) is 68.0 Å². The molecular weight excluding hydrogens is 321 g/mol. The van der Waals surface area contributed by atoms with Crippen molar-refractivity contribution in [2.45, 2.75) is 45.1 Å². The molecule has 0 saturated heterocycles.